The van der Waals surface area contributed by atoms with E-state index in [-0.39, 0.29) is 17.7 Å². The summed E-state index contributed by atoms with van der Waals surface area (Å²) in [6.07, 6.45) is -3.31. The van der Waals surface area contributed by atoms with Crippen LogP contribution in [-0.2, 0) is 25.6 Å². The summed E-state index contributed by atoms with van der Waals surface area (Å²) in [6.45, 7) is 1.67. The molecule has 1 aliphatic heterocycles. The van der Waals surface area contributed by atoms with Crippen molar-refractivity contribution >= 4 is 17.9 Å². The number of hydrogen-bond donors (Lipinski definition) is 1. The van der Waals surface area contributed by atoms with Crippen molar-refractivity contribution in [2.75, 3.05) is 13.7 Å². The van der Waals surface area contributed by atoms with Crippen LogP contribution in [0.4, 0.5) is 13.2 Å². The van der Waals surface area contributed by atoms with Crippen LogP contribution in [0.15, 0.2) is 54.6 Å². The number of hydrogen-bond acceptors (Lipinski definition) is 6. The van der Waals surface area contributed by atoms with Crippen molar-refractivity contribution in [3.05, 3.63) is 93.1 Å². The van der Waals surface area contributed by atoms with Gasteiger partial charge < -0.3 is 14.8 Å². The van der Waals surface area contributed by atoms with E-state index in [9.17, 15) is 18.0 Å². The zero-order valence-corrected chi connectivity index (χ0v) is 22.8. The quantitative estimate of drug-likeness (QED) is 0.248. The van der Waals surface area contributed by atoms with E-state index >= 15 is 0 Å². The summed E-state index contributed by atoms with van der Waals surface area (Å²) in [7, 11) is 1.23. The van der Waals surface area contributed by atoms with Gasteiger partial charge in [-0.3, -0.25) is 9.78 Å². The van der Waals surface area contributed by atoms with Gasteiger partial charge in [0.05, 0.1) is 23.4 Å². The van der Waals surface area contributed by atoms with Gasteiger partial charge in [0.1, 0.15) is 11.7 Å². The van der Waals surface area contributed by atoms with Crippen LogP contribution in [0.5, 0.6) is 11.8 Å². The first-order valence-electron chi connectivity index (χ1n) is 13.2. The van der Waals surface area contributed by atoms with E-state index in [1.54, 1.807) is 0 Å². The summed E-state index contributed by atoms with van der Waals surface area (Å²) in [5, 5.41) is 3.91. The molecule has 2 aromatic heterocycles. The zero-order chi connectivity index (χ0) is 28.7. The maximum atomic E-state index is 13.9. The van der Waals surface area contributed by atoms with Crippen LogP contribution >= 0.6 is 11.6 Å². The van der Waals surface area contributed by atoms with Gasteiger partial charge in [0.25, 0.3) is 0 Å². The van der Waals surface area contributed by atoms with Gasteiger partial charge in [-0.05, 0) is 47.2 Å². The molecule has 210 valence electrons. The molecule has 4 aromatic rings. The number of aldehydes is 1. The van der Waals surface area contributed by atoms with Gasteiger partial charge in [-0.1, -0.05) is 54.1 Å². The van der Waals surface area contributed by atoms with E-state index in [0.717, 1.165) is 58.7 Å². The lowest BCUT2D eigenvalue weighted by molar-refractivity contribution is -0.139. The summed E-state index contributed by atoms with van der Waals surface area (Å²) in [5.74, 6) is -0.859. The Balaban J connectivity index is 1.36. The van der Waals surface area contributed by atoms with Crippen molar-refractivity contribution in [3.63, 3.8) is 0 Å². The van der Waals surface area contributed by atoms with E-state index < -0.39 is 23.7 Å². The molecule has 41 heavy (non-hydrogen) atoms. The fraction of sp³-hybridized carbons (Fsp3) is 0.258. The van der Waals surface area contributed by atoms with E-state index in [1.807, 2.05) is 42.5 Å². The first-order valence-corrected chi connectivity index (χ1v) is 13.5. The lowest BCUT2D eigenvalue weighted by atomic mass is 9.94. The average Bonchev–Trinajstić information content (AvgIpc) is 3.39. The standard InChI is InChI=1S/C31H25ClF3N3O3/c1-40-29-18(16-39)14-24(31(33,34)35)30(38-29)41-27-11-9-20-19(4-2-5-21(20)27)22-6-3-7-23(28(22)32)26-10-8-17-15-36-13-12-25(17)37-26/h2-8,10,14,16,27,36H,9,11-13,15H2,1H3/t27-/m0/s1. The minimum atomic E-state index is -4.77. The Morgan fingerprint density at radius 2 is 1.78 bits per heavy atom. The number of carbonyl (C=O) groups excluding carboxylic acids is 1. The molecule has 1 atom stereocenters. The fourth-order valence-electron chi connectivity index (χ4n) is 5.59. The monoisotopic (exact) mass is 579 g/mol. The second-order valence-electron chi connectivity index (χ2n) is 9.97. The largest absolute Gasteiger partial charge is 0.480 e. The van der Waals surface area contributed by atoms with Crippen molar-refractivity contribution in [1.82, 2.24) is 15.3 Å². The zero-order valence-electron chi connectivity index (χ0n) is 22.0. The topological polar surface area (TPSA) is 73.3 Å². The molecule has 0 amide bonds. The number of methoxy groups -OCH3 is 1. The van der Waals surface area contributed by atoms with E-state index in [0.29, 0.717) is 23.9 Å². The highest BCUT2D eigenvalue weighted by atomic mass is 35.5. The third-order valence-corrected chi connectivity index (χ3v) is 7.97. The molecular formula is C31H25ClF3N3O3. The Hall–Kier alpha value is -3.95. The minimum Gasteiger partial charge on any atom is -0.480 e. The van der Waals surface area contributed by atoms with Crippen LogP contribution in [0, 0.1) is 0 Å². The second-order valence-corrected chi connectivity index (χ2v) is 10.3. The molecule has 6 nitrogen and oxygen atoms in total. The van der Waals surface area contributed by atoms with Crippen LogP contribution in [0.1, 0.15) is 50.8 Å². The van der Waals surface area contributed by atoms with Crippen LogP contribution in [-0.4, -0.2) is 29.9 Å². The first kappa shape index (κ1) is 27.2. The maximum absolute atomic E-state index is 13.9. The number of halogens is 4. The van der Waals surface area contributed by atoms with Crippen molar-refractivity contribution in [3.8, 4) is 34.1 Å². The molecule has 0 bridgehead atoms. The summed E-state index contributed by atoms with van der Waals surface area (Å²) in [6, 6.07) is 16.2. The van der Waals surface area contributed by atoms with Crippen molar-refractivity contribution < 1.29 is 27.4 Å². The Kier molecular flexibility index (Phi) is 7.17. The van der Waals surface area contributed by atoms with Gasteiger partial charge >= 0.3 is 6.18 Å². The number of rotatable bonds is 6. The molecule has 2 aliphatic rings. The third kappa shape index (κ3) is 5.04. The SMILES string of the molecule is COc1nc(O[C@H]2CCc3c(-c4cccc(-c5ccc6c(n5)CCNC6)c4Cl)cccc32)c(C(F)(F)F)cc1C=O. The number of nitrogens with one attached hydrogen (secondary N) is 1. The van der Waals surface area contributed by atoms with Gasteiger partial charge in [0.2, 0.25) is 11.8 Å². The summed E-state index contributed by atoms with van der Waals surface area (Å²) < 4.78 is 52.5. The highest BCUT2D eigenvalue weighted by molar-refractivity contribution is 6.36. The van der Waals surface area contributed by atoms with E-state index in [1.165, 1.54) is 12.7 Å². The smallest absolute Gasteiger partial charge is 0.421 e. The van der Waals surface area contributed by atoms with Crippen LogP contribution in [0.3, 0.4) is 0 Å². The fourth-order valence-corrected chi connectivity index (χ4v) is 5.91. The Bertz CT molecular complexity index is 1660. The van der Waals surface area contributed by atoms with Crippen LogP contribution < -0.4 is 14.8 Å². The lowest BCUT2D eigenvalue weighted by Gasteiger charge is -2.20. The van der Waals surface area contributed by atoms with Gasteiger partial charge in [-0.2, -0.15) is 18.2 Å². The molecule has 1 N–H and O–H groups in total. The molecule has 1 aliphatic carbocycles. The molecule has 3 heterocycles. The molecule has 0 unspecified atom stereocenters. The van der Waals surface area contributed by atoms with Gasteiger partial charge in [0, 0.05) is 36.3 Å². The number of pyridine rings is 2. The molecule has 2 aromatic carbocycles. The number of carbonyl (C=O) groups is 1. The third-order valence-electron chi connectivity index (χ3n) is 7.56. The molecule has 0 radical (unpaired) electrons. The molecule has 0 saturated carbocycles. The summed E-state index contributed by atoms with van der Waals surface area (Å²) in [4.78, 5) is 20.1. The maximum Gasteiger partial charge on any atom is 0.421 e. The Morgan fingerprint density at radius 1 is 1.00 bits per heavy atom. The minimum absolute atomic E-state index is 0.231. The van der Waals surface area contributed by atoms with Crippen molar-refractivity contribution in [2.45, 2.75) is 38.1 Å². The number of benzene rings is 2. The molecule has 0 saturated heterocycles. The second kappa shape index (κ2) is 10.8. The number of alkyl halides is 3. The molecule has 0 spiro atoms. The normalized spacial score (nSPS) is 16.2. The highest BCUT2D eigenvalue weighted by Crippen LogP contribution is 2.45. The van der Waals surface area contributed by atoms with Crippen molar-refractivity contribution in [1.29, 1.82) is 0 Å². The average molecular weight is 580 g/mol. The van der Waals surface area contributed by atoms with Crippen molar-refractivity contribution in [2.24, 2.45) is 0 Å². The molecular weight excluding hydrogens is 555 g/mol. The van der Waals surface area contributed by atoms with Gasteiger partial charge in [-0.15, -0.1) is 0 Å². The molecule has 0 fully saturated rings. The van der Waals surface area contributed by atoms with E-state index in [2.05, 4.69) is 16.4 Å². The summed E-state index contributed by atoms with van der Waals surface area (Å²) in [5.41, 5.74) is 5.83. The summed E-state index contributed by atoms with van der Waals surface area (Å²) >= 11 is 7.00. The number of nitrogens with zero attached hydrogens (tertiary/aromatic N) is 2. The molecule has 6 rings (SSSR count). The van der Waals surface area contributed by atoms with Gasteiger partial charge in [-0.25, -0.2) is 0 Å². The predicted octanol–water partition coefficient (Wildman–Crippen LogP) is 7.02. The Morgan fingerprint density at radius 3 is 2.56 bits per heavy atom. The van der Waals surface area contributed by atoms with Crippen LogP contribution in [0.25, 0.3) is 22.4 Å². The van der Waals surface area contributed by atoms with Crippen LogP contribution in [0.2, 0.25) is 5.02 Å². The highest BCUT2D eigenvalue weighted by Gasteiger charge is 2.38. The number of aromatic nitrogens is 2. The predicted molar refractivity (Wildman–Crippen MR) is 148 cm³/mol. The number of ether oxygens (including phenoxy) is 2. The lowest BCUT2D eigenvalue weighted by Crippen LogP contribution is -2.24. The number of fused-ring (bicyclic) bond motifs is 2. The molecule has 10 heteroatoms. The van der Waals surface area contributed by atoms with Gasteiger partial charge in [0.15, 0.2) is 6.29 Å². The first-order chi connectivity index (χ1) is 19.8. The van der Waals surface area contributed by atoms with E-state index in [4.69, 9.17) is 26.1 Å². The Labute approximate surface area is 239 Å².